The van der Waals surface area contributed by atoms with Gasteiger partial charge in [-0.2, -0.15) is 10.4 Å². The Balaban J connectivity index is 1.70. The number of anilines is 1. The number of nitrogens with zero attached hydrogens (tertiary/aromatic N) is 3. The quantitative estimate of drug-likeness (QED) is 0.658. The summed E-state index contributed by atoms with van der Waals surface area (Å²) < 4.78 is 30.9. The van der Waals surface area contributed by atoms with Crippen LogP contribution in [-0.2, 0) is 9.84 Å². The minimum atomic E-state index is -3.13. The van der Waals surface area contributed by atoms with E-state index >= 15 is 0 Å². The Hall–Kier alpha value is -3.64. The number of nitrogens with one attached hydrogen (secondary N) is 1. The maximum absolute atomic E-state index is 12.8. The summed E-state index contributed by atoms with van der Waals surface area (Å²) in [4.78, 5) is 12.8. The van der Waals surface area contributed by atoms with Crippen molar-refractivity contribution in [2.24, 2.45) is 0 Å². The Morgan fingerprint density at radius 2 is 2.00 bits per heavy atom. The Morgan fingerprint density at radius 3 is 2.65 bits per heavy atom. The molecule has 0 bridgehead atoms. The van der Waals surface area contributed by atoms with Gasteiger partial charge in [0.15, 0.2) is 15.5 Å². The van der Waals surface area contributed by atoms with Gasteiger partial charge >= 0.3 is 0 Å². The topological polar surface area (TPSA) is 114 Å². The number of benzene rings is 2. The van der Waals surface area contributed by atoms with Crippen molar-refractivity contribution < 1.29 is 17.9 Å². The lowest BCUT2D eigenvalue weighted by Crippen LogP contribution is -2.16. The van der Waals surface area contributed by atoms with Gasteiger partial charge in [0.1, 0.15) is 5.75 Å². The van der Waals surface area contributed by atoms with E-state index in [1.165, 1.54) is 0 Å². The first-order valence-electron chi connectivity index (χ1n) is 9.64. The number of carbonyl (C=O) groups excluding carboxylic acids is 1. The zero-order chi connectivity index (χ0) is 22.0. The maximum atomic E-state index is 12.8. The van der Waals surface area contributed by atoms with Crippen molar-refractivity contribution in [2.75, 3.05) is 23.9 Å². The summed E-state index contributed by atoms with van der Waals surface area (Å²) in [7, 11) is -1.56. The van der Waals surface area contributed by atoms with Crippen molar-refractivity contribution in [2.45, 2.75) is 12.5 Å². The lowest BCUT2D eigenvalue weighted by Gasteiger charge is -2.13. The van der Waals surface area contributed by atoms with Crippen LogP contribution in [0, 0.1) is 11.3 Å². The Morgan fingerprint density at radius 1 is 1.23 bits per heavy atom. The second-order valence-corrected chi connectivity index (χ2v) is 9.52. The van der Waals surface area contributed by atoms with Crippen molar-refractivity contribution in [3.05, 3.63) is 65.9 Å². The summed E-state index contributed by atoms with van der Waals surface area (Å²) in [5, 5.41) is 16.2. The van der Waals surface area contributed by atoms with Crippen molar-refractivity contribution in [3.63, 3.8) is 0 Å². The highest BCUT2D eigenvalue weighted by atomic mass is 32.2. The van der Waals surface area contributed by atoms with Crippen LogP contribution in [0.5, 0.6) is 5.75 Å². The van der Waals surface area contributed by atoms with Gasteiger partial charge < -0.3 is 10.1 Å². The number of methoxy groups -OCH3 is 1. The van der Waals surface area contributed by atoms with Gasteiger partial charge in [0.25, 0.3) is 5.91 Å². The molecule has 158 valence electrons. The van der Waals surface area contributed by atoms with Gasteiger partial charge in [-0.1, -0.05) is 6.07 Å². The molecular formula is C22H20N4O4S. The smallest absolute Gasteiger partial charge is 0.276 e. The van der Waals surface area contributed by atoms with Crippen LogP contribution in [0.2, 0.25) is 0 Å². The molecule has 1 saturated heterocycles. The van der Waals surface area contributed by atoms with E-state index in [-0.39, 0.29) is 23.2 Å². The SMILES string of the molecule is COc1ccc(-c2cc(C(=O)Nc3cccc(C#N)c3)nn2[C@@H]2CCS(=O)(=O)C2)cc1. The summed E-state index contributed by atoms with van der Waals surface area (Å²) in [5.41, 5.74) is 2.52. The van der Waals surface area contributed by atoms with E-state index in [0.717, 1.165) is 5.56 Å². The molecule has 0 spiro atoms. The molecule has 8 nitrogen and oxygen atoms in total. The van der Waals surface area contributed by atoms with E-state index in [9.17, 15) is 13.2 Å². The fourth-order valence-electron chi connectivity index (χ4n) is 3.59. The number of nitriles is 1. The number of amides is 1. The molecular weight excluding hydrogens is 416 g/mol. The number of hydrogen-bond donors (Lipinski definition) is 1. The number of sulfone groups is 1. The second-order valence-electron chi connectivity index (χ2n) is 7.29. The molecule has 1 atom stereocenters. The van der Waals surface area contributed by atoms with Crippen LogP contribution < -0.4 is 10.1 Å². The number of carbonyl (C=O) groups is 1. The number of rotatable bonds is 5. The third-order valence-corrected chi connectivity index (χ3v) is 6.91. The summed E-state index contributed by atoms with van der Waals surface area (Å²) >= 11 is 0. The van der Waals surface area contributed by atoms with E-state index in [4.69, 9.17) is 10.00 Å². The molecule has 1 N–H and O–H groups in total. The fourth-order valence-corrected chi connectivity index (χ4v) is 5.28. The van der Waals surface area contributed by atoms with Crippen molar-refractivity contribution in [1.29, 1.82) is 5.26 Å². The lowest BCUT2D eigenvalue weighted by atomic mass is 10.1. The van der Waals surface area contributed by atoms with Gasteiger partial charge in [-0.05, 0) is 55.0 Å². The van der Waals surface area contributed by atoms with Crippen LogP contribution in [0.25, 0.3) is 11.3 Å². The molecule has 1 aliphatic rings. The fraction of sp³-hybridized carbons (Fsp3) is 0.227. The first kappa shape index (κ1) is 20.6. The predicted octanol–water partition coefficient (Wildman–Crippen LogP) is 3.04. The molecule has 1 aromatic heterocycles. The Bertz CT molecular complexity index is 1270. The Labute approximate surface area is 180 Å². The third kappa shape index (κ3) is 4.44. The molecule has 1 amide bonds. The van der Waals surface area contributed by atoms with Gasteiger partial charge in [-0.3, -0.25) is 9.48 Å². The highest BCUT2D eigenvalue weighted by Gasteiger charge is 2.32. The van der Waals surface area contributed by atoms with Crippen LogP contribution in [-0.4, -0.2) is 42.7 Å². The van der Waals surface area contributed by atoms with Gasteiger partial charge in [0.2, 0.25) is 0 Å². The lowest BCUT2D eigenvalue weighted by molar-refractivity contribution is 0.102. The average Bonchev–Trinajstić information content (AvgIpc) is 3.37. The molecule has 2 aromatic carbocycles. The zero-order valence-corrected chi connectivity index (χ0v) is 17.6. The van der Waals surface area contributed by atoms with Crippen LogP contribution in [0.1, 0.15) is 28.5 Å². The average molecular weight is 436 g/mol. The first-order valence-corrected chi connectivity index (χ1v) is 11.5. The monoisotopic (exact) mass is 436 g/mol. The van der Waals surface area contributed by atoms with E-state index in [1.54, 1.807) is 54.3 Å². The summed E-state index contributed by atoms with van der Waals surface area (Å²) in [6, 6.07) is 17.2. The van der Waals surface area contributed by atoms with E-state index in [2.05, 4.69) is 10.4 Å². The van der Waals surface area contributed by atoms with Gasteiger partial charge in [0.05, 0.1) is 42.0 Å². The maximum Gasteiger partial charge on any atom is 0.276 e. The minimum absolute atomic E-state index is 0.0108. The van der Waals surface area contributed by atoms with Gasteiger partial charge in [-0.15, -0.1) is 0 Å². The molecule has 31 heavy (non-hydrogen) atoms. The number of aromatic nitrogens is 2. The number of hydrogen-bond acceptors (Lipinski definition) is 6. The van der Waals surface area contributed by atoms with E-state index in [1.807, 2.05) is 18.2 Å². The standard InChI is InChI=1S/C22H20N4O4S/c1-30-19-7-5-16(6-8-19)21-12-20(25-26(21)18-9-10-31(28,29)14-18)22(27)24-17-4-2-3-15(11-17)13-23/h2-8,11-12,18H,9-10,14H2,1H3,(H,24,27)/t18-/m1/s1. The molecule has 9 heteroatoms. The Kier molecular flexibility index (Phi) is 5.48. The normalized spacial score (nSPS) is 17.1. The molecule has 3 aromatic rings. The molecule has 0 radical (unpaired) electrons. The zero-order valence-electron chi connectivity index (χ0n) is 16.8. The van der Waals surface area contributed by atoms with Crippen LogP contribution in [0.15, 0.2) is 54.6 Å². The van der Waals surface area contributed by atoms with Crippen LogP contribution in [0.4, 0.5) is 5.69 Å². The summed E-state index contributed by atoms with van der Waals surface area (Å²) in [6.45, 7) is 0. The van der Waals surface area contributed by atoms with Crippen molar-refractivity contribution >= 4 is 21.4 Å². The molecule has 0 unspecified atom stereocenters. The summed E-state index contributed by atoms with van der Waals surface area (Å²) in [6.07, 6.45) is 0.443. The largest absolute Gasteiger partial charge is 0.497 e. The van der Waals surface area contributed by atoms with Gasteiger partial charge in [0, 0.05) is 11.3 Å². The molecule has 1 fully saturated rings. The van der Waals surface area contributed by atoms with Crippen LogP contribution >= 0.6 is 0 Å². The number of ether oxygens (including phenoxy) is 1. The molecule has 0 aliphatic carbocycles. The highest BCUT2D eigenvalue weighted by Crippen LogP contribution is 2.31. The second kappa shape index (κ2) is 8.24. The van der Waals surface area contributed by atoms with E-state index in [0.29, 0.717) is 29.1 Å². The van der Waals surface area contributed by atoms with E-state index < -0.39 is 15.7 Å². The molecule has 1 aliphatic heterocycles. The predicted molar refractivity (Wildman–Crippen MR) is 116 cm³/mol. The molecule has 4 rings (SSSR count). The third-order valence-electron chi connectivity index (χ3n) is 5.16. The van der Waals surface area contributed by atoms with Crippen molar-refractivity contribution in [1.82, 2.24) is 9.78 Å². The van der Waals surface area contributed by atoms with Crippen molar-refractivity contribution in [3.8, 4) is 23.1 Å². The van der Waals surface area contributed by atoms with Crippen LogP contribution in [0.3, 0.4) is 0 Å². The molecule has 2 heterocycles. The van der Waals surface area contributed by atoms with Gasteiger partial charge in [-0.25, -0.2) is 8.42 Å². The summed E-state index contributed by atoms with van der Waals surface area (Å²) in [5.74, 6) is 0.337. The first-order chi connectivity index (χ1) is 14.9. The molecule has 0 saturated carbocycles. The minimum Gasteiger partial charge on any atom is -0.497 e. The highest BCUT2D eigenvalue weighted by molar-refractivity contribution is 7.91.